The van der Waals surface area contributed by atoms with E-state index in [-0.39, 0.29) is 47.9 Å². The van der Waals surface area contributed by atoms with Crippen LogP contribution in [-0.2, 0) is 14.4 Å². The summed E-state index contributed by atoms with van der Waals surface area (Å²) < 4.78 is 0. The van der Waals surface area contributed by atoms with E-state index >= 15 is 0 Å². The number of ketones is 2. The molecule has 0 aromatic heterocycles. The summed E-state index contributed by atoms with van der Waals surface area (Å²) >= 11 is 0. The van der Waals surface area contributed by atoms with Crippen molar-refractivity contribution in [1.82, 2.24) is 10.6 Å². The predicted octanol–water partition coefficient (Wildman–Crippen LogP) is 3.32. The minimum Gasteiger partial charge on any atom is -0.393 e. The zero-order valence-corrected chi connectivity index (χ0v) is 22.5. The second-order valence-corrected chi connectivity index (χ2v) is 10.9. The Kier molecular flexibility index (Phi) is 11.9. The van der Waals surface area contributed by atoms with Gasteiger partial charge in [0.05, 0.1) is 17.5 Å². The summed E-state index contributed by atoms with van der Waals surface area (Å²) in [6, 6.07) is 0. The van der Waals surface area contributed by atoms with Crippen LogP contribution in [-0.4, -0.2) is 51.2 Å². The van der Waals surface area contributed by atoms with E-state index in [1.165, 1.54) is 5.57 Å². The molecule has 1 heterocycles. The van der Waals surface area contributed by atoms with Crippen LogP contribution in [0.3, 0.4) is 0 Å². The van der Waals surface area contributed by atoms with E-state index in [2.05, 4.69) is 16.7 Å². The summed E-state index contributed by atoms with van der Waals surface area (Å²) in [5.74, 6) is -1.39. The molecule has 5 N–H and O–H groups in total. The van der Waals surface area contributed by atoms with Crippen molar-refractivity contribution in [2.45, 2.75) is 65.9 Å². The molecule has 0 aromatic rings. The number of fused-ring (bicyclic) bond motifs is 2. The van der Waals surface area contributed by atoms with Crippen molar-refractivity contribution >= 4 is 25.8 Å². The molecule has 3 atom stereocenters. The molecule has 0 saturated carbocycles. The molecule has 9 heteroatoms. The third-order valence-electron chi connectivity index (χ3n) is 6.41. The molecule has 0 aromatic carbocycles. The van der Waals surface area contributed by atoms with E-state index in [0.29, 0.717) is 18.4 Å². The van der Waals surface area contributed by atoms with Crippen molar-refractivity contribution in [2.24, 2.45) is 11.8 Å². The van der Waals surface area contributed by atoms with Crippen LogP contribution in [0.1, 0.15) is 59.8 Å². The monoisotopic (exact) mass is 518 g/mol. The molecule has 0 spiro atoms. The number of carbonyl (C=O) groups excluding carboxylic acids is 3. The molecule has 36 heavy (non-hydrogen) atoms. The van der Waals surface area contributed by atoms with Gasteiger partial charge in [-0.15, -0.1) is 0 Å². The van der Waals surface area contributed by atoms with Crippen LogP contribution in [0.2, 0.25) is 0 Å². The van der Waals surface area contributed by atoms with E-state index < -0.39 is 32.0 Å². The van der Waals surface area contributed by atoms with Crippen LogP contribution in [0.4, 0.5) is 0 Å². The maximum atomic E-state index is 13.4. The molecule has 2 aliphatic rings. The number of aliphatic hydroxyl groups excluding tert-OH is 1. The Morgan fingerprint density at radius 2 is 1.86 bits per heavy atom. The van der Waals surface area contributed by atoms with Crippen LogP contribution < -0.4 is 10.6 Å². The van der Waals surface area contributed by atoms with Crippen LogP contribution in [0.5, 0.6) is 0 Å². The number of hydrogen-bond donors (Lipinski definition) is 5. The van der Waals surface area contributed by atoms with Gasteiger partial charge < -0.3 is 25.5 Å². The molecule has 0 radical (unpaired) electrons. The van der Waals surface area contributed by atoms with Gasteiger partial charge in [0.15, 0.2) is 8.38 Å². The molecule has 198 valence electrons. The van der Waals surface area contributed by atoms with Crippen molar-refractivity contribution in [3.63, 3.8) is 0 Å². The van der Waals surface area contributed by atoms with Gasteiger partial charge in [0.1, 0.15) is 0 Å². The number of aliphatic hydroxyl groups is 1. The van der Waals surface area contributed by atoms with Gasteiger partial charge in [-0.05, 0) is 51.9 Å². The third kappa shape index (κ3) is 9.25. The number of Topliss-reactive ketones (excluding diaryl/α,β-unsaturated/α-hetero) is 1. The quantitative estimate of drug-likeness (QED) is 0.219. The van der Waals surface area contributed by atoms with E-state index in [9.17, 15) is 29.3 Å². The minimum absolute atomic E-state index is 0.0112. The highest BCUT2D eigenvalue weighted by Crippen LogP contribution is 2.28. The minimum atomic E-state index is -2.14. The molecule has 1 aliphatic carbocycles. The molecule has 2 rings (SSSR count). The van der Waals surface area contributed by atoms with Gasteiger partial charge in [-0.3, -0.25) is 14.4 Å². The van der Waals surface area contributed by atoms with Crippen LogP contribution in [0.25, 0.3) is 0 Å². The van der Waals surface area contributed by atoms with Crippen molar-refractivity contribution in [2.75, 3.05) is 12.7 Å². The Hall–Kier alpha value is -2.38. The molecule has 1 amide bonds. The first-order chi connectivity index (χ1) is 17.0. The number of nitrogens with one attached hydrogen (secondary N) is 2. The van der Waals surface area contributed by atoms with E-state index in [1.54, 1.807) is 19.1 Å². The lowest BCUT2D eigenvalue weighted by atomic mass is 9.86. The van der Waals surface area contributed by atoms with Crippen molar-refractivity contribution in [1.29, 1.82) is 0 Å². The molecule has 8 nitrogen and oxygen atoms in total. The van der Waals surface area contributed by atoms with Gasteiger partial charge in [-0.25, -0.2) is 0 Å². The van der Waals surface area contributed by atoms with E-state index in [0.717, 1.165) is 18.9 Å². The first kappa shape index (κ1) is 29.8. The SMILES string of the molecule is C/C1=C\C(C)C(O)CCC(C)CC2=C(NCCP(O)O)C(=O)C=C(NC(=O)/C(C)=C/C=C\CC1)C2=O. The van der Waals surface area contributed by atoms with E-state index in [4.69, 9.17) is 0 Å². The Morgan fingerprint density at radius 3 is 2.56 bits per heavy atom. The van der Waals surface area contributed by atoms with Crippen LogP contribution in [0, 0.1) is 11.8 Å². The third-order valence-corrected chi connectivity index (χ3v) is 7.04. The highest BCUT2D eigenvalue weighted by Gasteiger charge is 2.31. The fraction of sp³-hybridized carbons (Fsp3) is 0.519. The number of hydrogen-bond acceptors (Lipinski definition) is 7. The number of carbonyl (C=O) groups is 3. The molecular formula is C27H39N2O6P. The summed E-state index contributed by atoms with van der Waals surface area (Å²) in [5, 5.41) is 16.2. The highest BCUT2D eigenvalue weighted by molar-refractivity contribution is 7.45. The molecule has 3 unspecified atom stereocenters. The summed E-state index contributed by atoms with van der Waals surface area (Å²) in [6.07, 6.45) is 11.3. The molecular weight excluding hydrogens is 479 g/mol. The Morgan fingerprint density at radius 1 is 1.14 bits per heavy atom. The maximum Gasteiger partial charge on any atom is 0.251 e. The van der Waals surface area contributed by atoms with Crippen molar-refractivity contribution in [3.05, 3.63) is 58.5 Å². The fourth-order valence-corrected chi connectivity index (χ4v) is 4.50. The van der Waals surface area contributed by atoms with Gasteiger partial charge in [0.25, 0.3) is 5.91 Å². The van der Waals surface area contributed by atoms with Gasteiger partial charge in [0.2, 0.25) is 11.6 Å². The standard InChI is InChI=1S/C27H39N2O6P/c1-17-8-6-5-7-9-19(3)27(33)29-22-16-24(31)25(28-12-13-36(34)35)21(26(22)32)15-18(2)10-11-23(30)20(4)14-17/h5,7,9,14,16,18,20,23,28,30,34-35H,6,8,10-13,15H2,1-4H3,(H,29,33)/b7-5-,17-14+,19-9+. The zero-order valence-electron chi connectivity index (χ0n) is 21.6. The number of amides is 1. The zero-order chi connectivity index (χ0) is 26.8. The largest absolute Gasteiger partial charge is 0.393 e. The lowest BCUT2D eigenvalue weighted by Gasteiger charge is -2.24. The maximum absolute atomic E-state index is 13.4. The molecule has 2 bridgehead atoms. The first-order valence-corrected chi connectivity index (χ1v) is 13.9. The molecule has 1 aliphatic heterocycles. The molecule has 0 saturated heterocycles. The lowest BCUT2D eigenvalue weighted by molar-refractivity contribution is -0.120. The fourth-order valence-electron chi connectivity index (χ4n) is 4.18. The second kappa shape index (κ2) is 14.4. The van der Waals surface area contributed by atoms with Crippen LogP contribution in [0.15, 0.2) is 58.5 Å². The Labute approximate surface area is 214 Å². The average Bonchev–Trinajstić information content (AvgIpc) is 2.81. The summed E-state index contributed by atoms with van der Waals surface area (Å²) in [6.45, 7) is 7.75. The normalized spacial score (nSPS) is 29.2. The van der Waals surface area contributed by atoms with Gasteiger partial charge in [-0.2, -0.15) is 0 Å². The summed E-state index contributed by atoms with van der Waals surface area (Å²) in [4.78, 5) is 57.4. The lowest BCUT2D eigenvalue weighted by Crippen LogP contribution is -2.36. The van der Waals surface area contributed by atoms with Gasteiger partial charge >= 0.3 is 0 Å². The second-order valence-electron chi connectivity index (χ2n) is 9.72. The first-order valence-electron chi connectivity index (χ1n) is 12.4. The smallest absolute Gasteiger partial charge is 0.251 e. The average molecular weight is 519 g/mol. The Bertz CT molecular complexity index is 992. The topological polar surface area (TPSA) is 136 Å². The predicted molar refractivity (Wildman–Crippen MR) is 142 cm³/mol. The van der Waals surface area contributed by atoms with Crippen LogP contribution >= 0.6 is 8.38 Å². The van der Waals surface area contributed by atoms with Crippen molar-refractivity contribution < 1.29 is 29.3 Å². The van der Waals surface area contributed by atoms with Crippen molar-refractivity contribution in [3.8, 4) is 0 Å². The van der Waals surface area contributed by atoms with E-state index in [1.807, 2.05) is 26.8 Å². The number of allylic oxidation sites excluding steroid dienone is 6. The summed E-state index contributed by atoms with van der Waals surface area (Å²) in [5.41, 5.74) is 1.89. The Balaban J connectivity index is 2.37. The summed E-state index contributed by atoms with van der Waals surface area (Å²) in [7, 11) is -2.14. The molecule has 0 fully saturated rings. The highest BCUT2D eigenvalue weighted by atomic mass is 31.2. The number of rotatable bonds is 4. The van der Waals surface area contributed by atoms with Gasteiger partial charge in [-0.1, -0.05) is 43.7 Å². The van der Waals surface area contributed by atoms with Gasteiger partial charge in [0, 0.05) is 35.8 Å².